The van der Waals surface area contributed by atoms with Crippen molar-refractivity contribution in [1.82, 2.24) is 4.90 Å². The van der Waals surface area contributed by atoms with Gasteiger partial charge in [-0.2, -0.15) is 0 Å². The van der Waals surface area contributed by atoms with E-state index in [4.69, 9.17) is 14.2 Å². The van der Waals surface area contributed by atoms with Crippen molar-refractivity contribution in [3.05, 3.63) is 59.4 Å². The molecule has 0 bridgehead atoms. The second-order valence-corrected chi connectivity index (χ2v) is 6.14. The molecule has 126 valence electrons. The van der Waals surface area contributed by atoms with E-state index < -0.39 is 0 Å². The molecule has 0 N–H and O–H groups in total. The maximum absolute atomic E-state index is 13.4. The van der Waals surface area contributed by atoms with Crippen molar-refractivity contribution in [3.8, 4) is 11.5 Å². The van der Waals surface area contributed by atoms with Crippen LogP contribution in [0.25, 0.3) is 0 Å². The molecule has 1 unspecified atom stereocenters. The summed E-state index contributed by atoms with van der Waals surface area (Å²) in [5.41, 5.74) is 2.31. The number of hydrogen-bond acceptors (Lipinski definition) is 4. The van der Waals surface area contributed by atoms with E-state index in [-0.39, 0.29) is 11.9 Å². The van der Waals surface area contributed by atoms with Crippen molar-refractivity contribution < 1.29 is 18.6 Å². The van der Waals surface area contributed by atoms with E-state index in [9.17, 15) is 4.39 Å². The Morgan fingerprint density at radius 3 is 2.58 bits per heavy atom. The molecule has 2 aliphatic rings. The highest BCUT2D eigenvalue weighted by Crippen LogP contribution is 2.36. The minimum Gasteiger partial charge on any atom is -0.485 e. The van der Waals surface area contributed by atoms with Crippen LogP contribution in [0.2, 0.25) is 0 Å². The van der Waals surface area contributed by atoms with Crippen LogP contribution in [0.5, 0.6) is 11.5 Å². The Kier molecular flexibility index (Phi) is 4.36. The molecule has 0 radical (unpaired) electrons. The fourth-order valence-corrected chi connectivity index (χ4v) is 3.07. The van der Waals surface area contributed by atoms with Gasteiger partial charge in [0.15, 0.2) is 17.6 Å². The molecule has 24 heavy (non-hydrogen) atoms. The fourth-order valence-electron chi connectivity index (χ4n) is 3.07. The number of halogens is 1. The summed E-state index contributed by atoms with van der Waals surface area (Å²) in [6.07, 6.45) is -0.211. The first-order valence-corrected chi connectivity index (χ1v) is 8.26. The maximum atomic E-state index is 13.4. The molecule has 2 aromatic carbocycles. The summed E-state index contributed by atoms with van der Waals surface area (Å²) < 4.78 is 30.3. The summed E-state index contributed by atoms with van der Waals surface area (Å²) in [5.74, 6) is 0.735. The number of ether oxygens (including phenoxy) is 3. The third-order valence-corrected chi connectivity index (χ3v) is 4.43. The van der Waals surface area contributed by atoms with Crippen LogP contribution in [-0.4, -0.2) is 37.8 Å². The topological polar surface area (TPSA) is 30.9 Å². The van der Waals surface area contributed by atoms with Crippen LogP contribution < -0.4 is 9.47 Å². The van der Waals surface area contributed by atoms with Crippen molar-refractivity contribution >= 4 is 0 Å². The molecule has 0 saturated carbocycles. The predicted octanol–water partition coefficient (Wildman–Crippen LogP) is 3.17. The van der Waals surface area contributed by atoms with E-state index in [1.165, 1.54) is 17.7 Å². The second-order valence-electron chi connectivity index (χ2n) is 6.14. The standard InChI is InChI=1S/C19H20FNO3/c20-16-5-6-17-18(11-16)24-19(13-23-17)15-3-1-14(2-4-15)12-21-7-9-22-10-8-21/h1-6,11,19H,7-10,12-13H2. The van der Waals surface area contributed by atoms with Crippen LogP contribution in [0.15, 0.2) is 42.5 Å². The Labute approximate surface area is 140 Å². The Morgan fingerprint density at radius 1 is 1.00 bits per heavy atom. The number of benzene rings is 2. The van der Waals surface area contributed by atoms with Gasteiger partial charge in [-0.15, -0.1) is 0 Å². The molecule has 0 aliphatic carbocycles. The Hall–Kier alpha value is -2.11. The van der Waals surface area contributed by atoms with Gasteiger partial charge in [0, 0.05) is 25.7 Å². The molecule has 1 fully saturated rings. The molecule has 4 nitrogen and oxygen atoms in total. The molecular formula is C19H20FNO3. The van der Waals surface area contributed by atoms with Crippen molar-refractivity contribution in [2.75, 3.05) is 32.9 Å². The lowest BCUT2D eigenvalue weighted by molar-refractivity contribution is 0.0342. The normalized spacial score (nSPS) is 20.8. The molecule has 1 saturated heterocycles. The van der Waals surface area contributed by atoms with Gasteiger partial charge in [0.05, 0.1) is 13.2 Å². The summed E-state index contributed by atoms with van der Waals surface area (Å²) in [7, 11) is 0. The molecule has 0 spiro atoms. The van der Waals surface area contributed by atoms with Gasteiger partial charge in [-0.05, 0) is 23.3 Å². The van der Waals surface area contributed by atoms with Crippen molar-refractivity contribution in [2.45, 2.75) is 12.6 Å². The average molecular weight is 329 g/mol. The monoisotopic (exact) mass is 329 g/mol. The molecule has 0 amide bonds. The van der Waals surface area contributed by atoms with Crippen molar-refractivity contribution in [3.63, 3.8) is 0 Å². The lowest BCUT2D eigenvalue weighted by Gasteiger charge is -2.28. The predicted molar refractivity (Wildman–Crippen MR) is 87.8 cm³/mol. The fraction of sp³-hybridized carbons (Fsp3) is 0.368. The summed E-state index contributed by atoms with van der Waals surface area (Å²) in [4.78, 5) is 2.39. The third kappa shape index (κ3) is 3.37. The molecule has 0 aromatic heterocycles. The van der Waals surface area contributed by atoms with Crippen LogP contribution in [0.3, 0.4) is 0 Å². The Bertz CT molecular complexity index is 698. The molecule has 2 heterocycles. The lowest BCUT2D eigenvalue weighted by atomic mass is 10.1. The van der Waals surface area contributed by atoms with Crippen LogP contribution in [0, 0.1) is 5.82 Å². The summed E-state index contributed by atoms with van der Waals surface area (Å²) in [5, 5.41) is 0. The van der Waals surface area contributed by atoms with Gasteiger partial charge in [-0.25, -0.2) is 4.39 Å². The van der Waals surface area contributed by atoms with E-state index >= 15 is 0 Å². The Balaban J connectivity index is 1.43. The SMILES string of the molecule is Fc1ccc2c(c1)OC(c1ccc(CN3CCOCC3)cc1)CO2. The van der Waals surface area contributed by atoms with E-state index in [0.29, 0.717) is 18.1 Å². The minimum absolute atomic E-state index is 0.211. The zero-order valence-corrected chi connectivity index (χ0v) is 13.4. The third-order valence-electron chi connectivity index (χ3n) is 4.43. The van der Waals surface area contributed by atoms with Gasteiger partial charge in [0.1, 0.15) is 12.4 Å². The number of rotatable bonds is 3. The molecule has 2 aromatic rings. The molecular weight excluding hydrogens is 309 g/mol. The number of nitrogens with zero attached hydrogens (tertiary/aromatic N) is 1. The molecule has 1 atom stereocenters. The highest BCUT2D eigenvalue weighted by atomic mass is 19.1. The summed E-state index contributed by atoms with van der Waals surface area (Å²) >= 11 is 0. The second kappa shape index (κ2) is 6.79. The first-order chi connectivity index (χ1) is 11.8. The summed E-state index contributed by atoms with van der Waals surface area (Å²) in [6.45, 7) is 4.93. The highest BCUT2D eigenvalue weighted by molar-refractivity contribution is 5.42. The van der Waals surface area contributed by atoms with Crippen LogP contribution in [0.4, 0.5) is 4.39 Å². The van der Waals surface area contributed by atoms with E-state index in [1.54, 1.807) is 6.07 Å². The molecule has 2 aliphatic heterocycles. The minimum atomic E-state index is -0.321. The van der Waals surface area contributed by atoms with Gasteiger partial charge in [0.2, 0.25) is 0 Å². The van der Waals surface area contributed by atoms with Crippen LogP contribution >= 0.6 is 0 Å². The first kappa shape index (κ1) is 15.4. The first-order valence-electron chi connectivity index (χ1n) is 8.26. The zero-order chi connectivity index (χ0) is 16.4. The zero-order valence-electron chi connectivity index (χ0n) is 13.4. The largest absolute Gasteiger partial charge is 0.485 e. The van der Waals surface area contributed by atoms with Gasteiger partial charge >= 0.3 is 0 Å². The number of fused-ring (bicyclic) bond motifs is 1. The highest BCUT2D eigenvalue weighted by Gasteiger charge is 2.23. The summed E-state index contributed by atoms with van der Waals surface area (Å²) in [6, 6.07) is 12.7. The number of morpholine rings is 1. The van der Waals surface area contributed by atoms with Gasteiger partial charge in [-0.1, -0.05) is 24.3 Å². The van der Waals surface area contributed by atoms with Crippen molar-refractivity contribution in [1.29, 1.82) is 0 Å². The van der Waals surface area contributed by atoms with Crippen LogP contribution in [-0.2, 0) is 11.3 Å². The number of hydrogen-bond donors (Lipinski definition) is 0. The van der Waals surface area contributed by atoms with Gasteiger partial charge in [-0.3, -0.25) is 4.90 Å². The van der Waals surface area contributed by atoms with Gasteiger partial charge < -0.3 is 14.2 Å². The van der Waals surface area contributed by atoms with Gasteiger partial charge in [0.25, 0.3) is 0 Å². The maximum Gasteiger partial charge on any atom is 0.165 e. The van der Waals surface area contributed by atoms with Crippen LogP contribution in [0.1, 0.15) is 17.2 Å². The molecule has 4 rings (SSSR count). The molecule has 5 heteroatoms. The average Bonchev–Trinajstić information content (AvgIpc) is 2.62. The lowest BCUT2D eigenvalue weighted by Crippen LogP contribution is -2.35. The quantitative estimate of drug-likeness (QED) is 0.865. The van der Waals surface area contributed by atoms with Crippen molar-refractivity contribution in [2.24, 2.45) is 0 Å². The van der Waals surface area contributed by atoms with E-state index in [0.717, 1.165) is 38.4 Å². The Morgan fingerprint density at radius 2 is 1.79 bits per heavy atom. The van der Waals surface area contributed by atoms with E-state index in [1.807, 2.05) is 0 Å². The van der Waals surface area contributed by atoms with E-state index in [2.05, 4.69) is 29.2 Å². The smallest absolute Gasteiger partial charge is 0.165 e.